The second-order valence-electron chi connectivity index (χ2n) is 6.96. The van der Waals surface area contributed by atoms with Crippen LogP contribution in [0.5, 0.6) is 11.5 Å². The molecule has 2 amide bonds. The zero-order valence-corrected chi connectivity index (χ0v) is 16.7. The fourth-order valence-corrected chi connectivity index (χ4v) is 3.52. The number of anilines is 1. The summed E-state index contributed by atoms with van der Waals surface area (Å²) in [5.74, 6) is 1.07. The Labute approximate surface area is 170 Å². The summed E-state index contributed by atoms with van der Waals surface area (Å²) in [6, 6.07) is 14.2. The van der Waals surface area contributed by atoms with E-state index in [1.165, 1.54) is 6.92 Å². The molecular weight excluding hydrogens is 372 g/mol. The van der Waals surface area contributed by atoms with E-state index < -0.39 is 0 Å². The number of aliphatic hydroxyl groups is 1. The van der Waals surface area contributed by atoms with Crippen LogP contribution in [-0.2, 0) is 16.2 Å². The Bertz CT molecular complexity index is 853. The van der Waals surface area contributed by atoms with Gasteiger partial charge in [0.25, 0.3) is 5.91 Å². The van der Waals surface area contributed by atoms with Gasteiger partial charge in [-0.05, 0) is 36.2 Å². The molecule has 0 bridgehead atoms. The van der Waals surface area contributed by atoms with Gasteiger partial charge in [0, 0.05) is 31.8 Å². The van der Waals surface area contributed by atoms with E-state index >= 15 is 0 Å². The van der Waals surface area contributed by atoms with Gasteiger partial charge in [0.15, 0.2) is 6.61 Å². The number of hydrogen-bond acceptors (Lipinski definition) is 5. The molecular formula is C22H26N2O5. The summed E-state index contributed by atoms with van der Waals surface area (Å²) >= 11 is 0. The van der Waals surface area contributed by atoms with Gasteiger partial charge in [0.05, 0.1) is 19.8 Å². The molecule has 2 aromatic carbocycles. The van der Waals surface area contributed by atoms with E-state index in [0.717, 1.165) is 11.3 Å². The summed E-state index contributed by atoms with van der Waals surface area (Å²) in [6.07, 6.45) is 0.702. The van der Waals surface area contributed by atoms with Crippen molar-refractivity contribution in [2.45, 2.75) is 26.0 Å². The Morgan fingerprint density at radius 1 is 1.17 bits per heavy atom. The third kappa shape index (κ3) is 5.06. The van der Waals surface area contributed by atoms with Crippen molar-refractivity contribution in [3.8, 4) is 11.5 Å². The Kier molecular flexibility index (Phi) is 6.72. The van der Waals surface area contributed by atoms with E-state index in [1.807, 2.05) is 24.3 Å². The molecule has 0 radical (unpaired) electrons. The van der Waals surface area contributed by atoms with Crippen LogP contribution in [-0.4, -0.2) is 54.7 Å². The fourth-order valence-electron chi connectivity index (χ4n) is 3.52. The minimum absolute atomic E-state index is 0.0334. The van der Waals surface area contributed by atoms with E-state index in [1.54, 1.807) is 41.2 Å². The van der Waals surface area contributed by atoms with Crippen molar-refractivity contribution in [3.63, 3.8) is 0 Å². The number of hydrogen-bond donors (Lipinski definition) is 1. The first-order valence-electron chi connectivity index (χ1n) is 9.56. The number of rotatable bonds is 7. The second kappa shape index (κ2) is 9.43. The van der Waals surface area contributed by atoms with Gasteiger partial charge in [-0.2, -0.15) is 0 Å². The average molecular weight is 398 g/mol. The second-order valence-corrected chi connectivity index (χ2v) is 6.96. The maximum absolute atomic E-state index is 12.6. The molecule has 0 aromatic heterocycles. The molecule has 29 heavy (non-hydrogen) atoms. The predicted octanol–water partition coefficient (Wildman–Crippen LogP) is 2.22. The number of nitrogens with zero attached hydrogens (tertiary/aromatic N) is 2. The molecule has 1 heterocycles. The van der Waals surface area contributed by atoms with Crippen molar-refractivity contribution < 1.29 is 24.2 Å². The molecule has 1 saturated heterocycles. The van der Waals surface area contributed by atoms with E-state index in [-0.39, 0.29) is 31.1 Å². The molecule has 154 valence electrons. The van der Waals surface area contributed by atoms with Gasteiger partial charge in [-0.3, -0.25) is 9.59 Å². The highest BCUT2D eigenvalue weighted by Gasteiger charge is 2.32. The highest BCUT2D eigenvalue weighted by molar-refractivity contribution is 5.92. The lowest BCUT2D eigenvalue weighted by Crippen LogP contribution is -2.42. The highest BCUT2D eigenvalue weighted by atomic mass is 16.5. The van der Waals surface area contributed by atoms with Crippen molar-refractivity contribution in [1.29, 1.82) is 0 Å². The minimum atomic E-state index is -0.118. The van der Waals surface area contributed by atoms with Crippen LogP contribution < -0.4 is 14.4 Å². The van der Waals surface area contributed by atoms with Crippen LogP contribution >= 0.6 is 0 Å². The zero-order chi connectivity index (χ0) is 20.8. The first kappa shape index (κ1) is 20.7. The van der Waals surface area contributed by atoms with Crippen LogP contribution in [0.4, 0.5) is 5.69 Å². The first-order valence-corrected chi connectivity index (χ1v) is 9.56. The molecule has 1 N–H and O–H groups in total. The smallest absolute Gasteiger partial charge is 0.260 e. The van der Waals surface area contributed by atoms with Gasteiger partial charge in [-0.15, -0.1) is 0 Å². The van der Waals surface area contributed by atoms with Crippen molar-refractivity contribution in [1.82, 2.24) is 4.90 Å². The van der Waals surface area contributed by atoms with E-state index in [9.17, 15) is 9.59 Å². The van der Waals surface area contributed by atoms with Gasteiger partial charge in [0.2, 0.25) is 5.91 Å². The van der Waals surface area contributed by atoms with Crippen LogP contribution in [0.1, 0.15) is 18.9 Å². The molecule has 7 nitrogen and oxygen atoms in total. The molecule has 0 spiro atoms. The molecule has 1 aliphatic heterocycles. The Balaban J connectivity index is 1.60. The minimum Gasteiger partial charge on any atom is -0.497 e. The number of methoxy groups -OCH3 is 1. The Hall–Kier alpha value is -3.06. The fraction of sp³-hybridized carbons (Fsp3) is 0.364. The van der Waals surface area contributed by atoms with Gasteiger partial charge in [0.1, 0.15) is 11.5 Å². The topological polar surface area (TPSA) is 79.3 Å². The monoisotopic (exact) mass is 398 g/mol. The number of benzene rings is 2. The molecule has 0 saturated carbocycles. The lowest BCUT2D eigenvalue weighted by molar-refractivity contribution is -0.132. The molecule has 2 aromatic rings. The predicted molar refractivity (Wildman–Crippen MR) is 109 cm³/mol. The van der Waals surface area contributed by atoms with Crippen molar-refractivity contribution >= 4 is 17.5 Å². The largest absolute Gasteiger partial charge is 0.497 e. The van der Waals surface area contributed by atoms with E-state index in [0.29, 0.717) is 31.0 Å². The lowest BCUT2D eigenvalue weighted by atomic mass is 10.1. The quantitative estimate of drug-likeness (QED) is 0.774. The Morgan fingerprint density at radius 2 is 1.93 bits per heavy atom. The van der Waals surface area contributed by atoms with Crippen LogP contribution in [0.15, 0.2) is 48.5 Å². The summed E-state index contributed by atoms with van der Waals surface area (Å²) in [5, 5.41) is 9.07. The van der Waals surface area contributed by atoms with Crippen LogP contribution in [0.3, 0.4) is 0 Å². The van der Waals surface area contributed by atoms with Crippen LogP contribution in [0.25, 0.3) is 0 Å². The molecule has 1 fully saturated rings. The number of amides is 2. The summed E-state index contributed by atoms with van der Waals surface area (Å²) in [5.41, 5.74) is 1.55. The summed E-state index contributed by atoms with van der Waals surface area (Å²) in [7, 11) is 1.59. The highest BCUT2D eigenvalue weighted by Crippen LogP contribution is 2.27. The van der Waals surface area contributed by atoms with Crippen LogP contribution in [0.2, 0.25) is 0 Å². The van der Waals surface area contributed by atoms with Gasteiger partial charge < -0.3 is 24.4 Å². The van der Waals surface area contributed by atoms with E-state index in [4.69, 9.17) is 14.6 Å². The third-order valence-corrected chi connectivity index (χ3v) is 5.02. The molecule has 0 aliphatic carbocycles. The molecule has 1 unspecified atom stereocenters. The Morgan fingerprint density at radius 3 is 2.59 bits per heavy atom. The normalized spacial score (nSPS) is 15.8. The zero-order valence-electron chi connectivity index (χ0n) is 16.7. The molecule has 7 heteroatoms. The molecule has 1 atom stereocenters. The van der Waals surface area contributed by atoms with Crippen molar-refractivity contribution in [2.24, 2.45) is 0 Å². The maximum Gasteiger partial charge on any atom is 0.260 e. The van der Waals surface area contributed by atoms with Gasteiger partial charge >= 0.3 is 0 Å². The standard InChI is InChI=1S/C22H26N2O5/c1-16(26)24(18-4-3-5-21(12-18)28-2)19-10-11-23(13-19)22(27)15-29-20-8-6-17(14-25)7-9-20/h3-9,12,19,25H,10-11,13-15H2,1-2H3. The van der Waals surface area contributed by atoms with Crippen LogP contribution in [0, 0.1) is 0 Å². The molecule has 1 aliphatic rings. The van der Waals surface area contributed by atoms with Crippen molar-refractivity contribution in [2.75, 3.05) is 31.7 Å². The van der Waals surface area contributed by atoms with Gasteiger partial charge in [-0.25, -0.2) is 0 Å². The number of likely N-dealkylation sites (tertiary alicyclic amines) is 1. The third-order valence-electron chi connectivity index (χ3n) is 5.02. The van der Waals surface area contributed by atoms with E-state index in [2.05, 4.69) is 0 Å². The van der Waals surface area contributed by atoms with Crippen molar-refractivity contribution in [3.05, 3.63) is 54.1 Å². The lowest BCUT2D eigenvalue weighted by Gasteiger charge is -2.28. The SMILES string of the molecule is COc1cccc(N(C(C)=O)C2CCN(C(=O)COc3ccc(CO)cc3)C2)c1. The summed E-state index contributed by atoms with van der Waals surface area (Å²) < 4.78 is 10.8. The summed E-state index contributed by atoms with van der Waals surface area (Å²) in [4.78, 5) is 28.3. The molecule has 3 rings (SSSR count). The number of ether oxygens (including phenoxy) is 2. The number of carbonyl (C=O) groups excluding carboxylic acids is 2. The maximum atomic E-state index is 12.6. The summed E-state index contributed by atoms with van der Waals surface area (Å²) in [6.45, 7) is 2.47. The first-order chi connectivity index (χ1) is 14.0. The number of carbonyl (C=O) groups is 2. The number of aliphatic hydroxyl groups excluding tert-OH is 1. The van der Waals surface area contributed by atoms with Gasteiger partial charge in [-0.1, -0.05) is 18.2 Å². The average Bonchev–Trinajstić information content (AvgIpc) is 3.22.